The summed E-state index contributed by atoms with van der Waals surface area (Å²) in [4.78, 5) is 19.1. The number of piperidine rings is 1. The molecule has 2 heterocycles. The molecule has 1 aromatic heterocycles. The molecular weight excluding hydrogens is 346 g/mol. The van der Waals surface area contributed by atoms with Gasteiger partial charge in [0.1, 0.15) is 6.61 Å². The molecule has 3 atom stereocenters. The molecule has 1 aliphatic rings. The highest BCUT2D eigenvalue weighted by Crippen LogP contribution is 2.35. The number of hydrogen-bond acceptors (Lipinski definition) is 5. The van der Waals surface area contributed by atoms with E-state index in [9.17, 15) is 4.79 Å². The number of hydrogen-bond donors (Lipinski definition) is 1. The zero-order valence-electron chi connectivity index (χ0n) is 15.5. The van der Waals surface area contributed by atoms with E-state index in [0.29, 0.717) is 12.5 Å². The molecule has 1 fully saturated rings. The van der Waals surface area contributed by atoms with Crippen LogP contribution in [-0.4, -0.2) is 35.2 Å². The van der Waals surface area contributed by atoms with Gasteiger partial charge in [-0.05, 0) is 43.4 Å². The van der Waals surface area contributed by atoms with E-state index in [1.54, 1.807) is 17.4 Å². The van der Waals surface area contributed by atoms with Gasteiger partial charge >= 0.3 is 6.09 Å². The molecule has 0 unspecified atom stereocenters. The van der Waals surface area contributed by atoms with Crippen LogP contribution in [0.3, 0.4) is 0 Å². The minimum Gasteiger partial charge on any atom is -0.445 e. The molecule has 140 valence electrons. The molecule has 1 aromatic carbocycles. The zero-order valence-corrected chi connectivity index (χ0v) is 16.3. The maximum absolute atomic E-state index is 12.5. The first kappa shape index (κ1) is 18.9. The van der Waals surface area contributed by atoms with E-state index >= 15 is 0 Å². The minimum atomic E-state index is -0.266. The van der Waals surface area contributed by atoms with E-state index in [1.807, 2.05) is 11.8 Å². The number of carbonyl (C=O) groups excluding carboxylic acids is 1. The molecule has 0 aliphatic carbocycles. The van der Waals surface area contributed by atoms with Crippen molar-refractivity contribution in [2.45, 2.75) is 45.2 Å². The molecule has 0 bridgehead atoms. The van der Waals surface area contributed by atoms with Gasteiger partial charge in [0.05, 0.1) is 21.3 Å². The Balaban J connectivity index is 1.86. The summed E-state index contributed by atoms with van der Waals surface area (Å²) in [7, 11) is 0. The summed E-state index contributed by atoms with van der Waals surface area (Å²) in [5.74, 6) is 0.475. The molecule has 0 radical (unpaired) electrons. The second-order valence-corrected chi connectivity index (χ2v) is 8.35. The molecule has 2 aromatic rings. The van der Waals surface area contributed by atoms with Crippen molar-refractivity contribution in [3.05, 3.63) is 41.4 Å². The van der Waals surface area contributed by atoms with Crippen LogP contribution in [0.1, 0.15) is 43.3 Å². The van der Waals surface area contributed by atoms with Crippen molar-refractivity contribution in [3.8, 4) is 0 Å². The zero-order chi connectivity index (χ0) is 18.7. The van der Waals surface area contributed by atoms with Crippen molar-refractivity contribution >= 4 is 27.6 Å². The first-order valence-corrected chi connectivity index (χ1v) is 9.98. The number of nitrogens with zero attached hydrogens (tertiary/aromatic N) is 2. The van der Waals surface area contributed by atoms with E-state index in [0.717, 1.165) is 40.1 Å². The quantitative estimate of drug-likeness (QED) is 0.794. The number of thiazole rings is 1. The highest BCUT2D eigenvalue weighted by molar-refractivity contribution is 7.18. The fourth-order valence-corrected chi connectivity index (χ4v) is 4.57. The summed E-state index contributed by atoms with van der Waals surface area (Å²) in [5.41, 5.74) is 8.01. The second kappa shape index (κ2) is 8.18. The van der Waals surface area contributed by atoms with Gasteiger partial charge in [0.15, 0.2) is 0 Å². The first-order chi connectivity index (χ1) is 12.5. The Bertz CT molecular complexity index is 786. The van der Waals surface area contributed by atoms with Crippen molar-refractivity contribution < 1.29 is 9.53 Å². The first-order valence-electron chi connectivity index (χ1n) is 9.17. The number of aromatic nitrogens is 1. The van der Waals surface area contributed by atoms with Crippen LogP contribution in [0.4, 0.5) is 4.79 Å². The molecule has 3 rings (SSSR count). The number of carbonyl (C=O) groups is 1. The predicted molar refractivity (Wildman–Crippen MR) is 106 cm³/mol. The summed E-state index contributed by atoms with van der Waals surface area (Å²) >= 11 is 1.69. The van der Waals surface area contributed by atoms with Gasteiger partial charge in [-0.1, -0.05) is 25.6 Å². The average molecular weight is 374 g/mol. The van der Waals surface area contributed by atoms with Crippen LogP contribution in [-0.2, 0) is 11.2 Å². The number of nitrogens with two attached hydrogens (primary N) is 1. The molecule has 6 heteroatoms. The Morgan fingerprint density at radius 2 is 2.35 bits per heavy atom. The number of ether oxygens (including phenoxy) is 1. The number of fused-ring (bicyclic) bond motifs is 1. The van der Waals surface area contributed by atoms with Crippen molar-refractivity contribution in [2.75, 3.05) is 13.2 Å². The standard InChI is InChI=1S/C20H27N3O2S/c1-4-9-25-20(24)23-12-13(2)5-7-17(23)15-6-8-18-16(11-15)22-19(26-18)10-14(3)21/h4,6,8,11,13-14,17H,1,5,7,9-10,12,21H2,2-3H3/t13-,14-,17+/m0/s1. The third-order valence-electron chi connectivity index (χ3n) is 4.71. The third kappa shape index (κ3) is 4.24. The molecular formula is C20H27N3O2S. The van der Waals surface area contributed by atoms with E-state index in [-0.39, 0.29) is 24.8 Å². The maximum atomic E-state index is 12.5. The molecule has 1 saturated heterocycles. The number of rotatable bonds is 5. The summed E-state index contributed by atoms with van der Waals surface area (Å²) in [6.07, 6.45) is 4.16. The average Bonchev–Trinajstić information content (AvgIpc) is 3.00. The molecule has 1 aliphatic heterocycles. The maximum Gasteiger partial charge on any atom is 0.410 e. The van der Waals surface area contributed by atoms with Gasteiger partial charge < -0.3 is 15.4 Å². The molecule has 0 spiro atoms. The summed E-state index contributed by atoms with van der Waals surface area (Å²) in [6, 6.07) is 6.48. The lowest BCUT2D eigenvalue weighted by molar-refractivity contribution is 0.0677. The predicted octanol–water partition coefficient (Wildman–Crippen LogP) is 4.28. The van der Waals surface area contributed by atoms with Gasteiger partial charge in [-0.2, -0.15) is 0 Å². The van der Waals surface area contributed by atoms with Gasteiger partial charge in [-0.15, -0.1) is 11.3 Å². The third-order valence-corrected chi connectivity index (χ3v) is 5.77. The lowest BCUT2D eigenvalue weighted by Gasteiger charge is -2.38. The lowest BCUT2D eigenvalue weighted by Crippen LogP contribution is -2.41. The highest BCUT2D eigenvalue weighted by atomic mass is 32.1. The molecule has 1 amide bonds. The monoisotopic (exact) mass is 373 g/mol. The van der Waals surface area contributed by atoms with Gasteiger partial charge in [0.25, 0.3) is 0 Å². The van der Waals surface area contributed by atoms with Crippen molar-refractivity contribution in [2.24, 2.45) is 11.7 Å². The van der Waals surface area contributed by atoms with Crippen molar-refractivity contribution in [1.29, 1.82) is 0 Å². The van der Waals surface area contributed by atoms with Crippen LogP contribution in [0, 0.1) is 5.92 Å². The SMILES string of the molecule is C=CCOC(=O)N1C[C@@H](C)CC[C@@H]1c1ccc2sc(C[C@H](C)N)nc2c1. The van der Waals surface area contributed by atoms with Gasteiger partial charge in [0, 0.05) is 19.0 Å². The Labute approximate surface area is 158 Å². The Morgan fingerprint density at radius 1 is 1.54 bits per heavy atom. The Kier molecular flexibility index (Phi) is 5.94. The summed E-state index contributed by atoms with van der Waals surface area (Å²) in [6.45, 7) is 8.74. The highest BCUT2D eigenvalue weighted by Gasteiger charge is 2.32. The molecule has 0 saturated carbocycles. The fourth-order valence-electron chi connectivity index (χ4n) is 3.48. The Hall–Kier alpha value is -1.92. The van der Waals surface area contributed by atoms with Crippen LogP contribution in [0.15, 0.2) is 30.9 Å². The van der Waals surface area contributed by atoms with Crippen molar-refractivity contribution in [3.63, 3.8) is 0 Å². The normalized spacial score (nSPS) is 21.6. The minimum absolute atomic E-state index is 0.0338. The smallest absolute Gasteiger partial charge is 0.410 e. The summed E-state index contributed by atoms with van der Waals surface area (Å²) < 4.78 is 6.47. The Morgan fingerprint density at radius 3 is 3.08 bits per heavy atom. The van der Waals surface area contributed by atoms with Crippen LogP contribution in [0.2, 0.25) is 0 Å². The summed E-state index contributed by atoms with van der Waals surface area (Å²) in [5, 5.41) is 1.06. The molecule has 5 nitrogen and oxygen atoms in total. The fraction of sp³-hybridized carbons (Fsp3) is 0.500. The number of benzene rings is 1. The van der Waals surface area contributed by atoms with Crippen LogP contribution in [0.5, 0.6) is 0 Å². The van der Waals surface area contributed by atoms with E-state index in [1.165, 1.54) is 0 Å². The van der Waals surface area contributed by atoms with Gasteiger partial charge in [0.2, 0.25) is 0 Å². The molecule has 26 heavy (non-hydrogen) atoms. The number of amides is 1. The molecule has 2 N–H and O–H groups in total. The van der Waals surface area contributed by atoms with Gasteiger partial charge in [-0.25, -0.2) is 9.78 Å². The van der Waals surface area contributed by atoms with Crippen LogP contribution < -0.4 is 5.73 Å². The lowest BCUT2D eigenvalue weighted by atomic mass is 9.90. The number of likely N-dealkylation sites (tertiary alicyclic amines) is 1. The second-order valence-electron chi connectivity index (χ2n) is 7.23. The largest absolute Gasteiger partial charge is 0.445 e. The van der Waals surface area contributed by atoms with Crippen LogP contribution in [0.25, 0.3) is 10.2 Å². The van der Waals surface area contributed by atoms with E-state index in [4.69, 9.17) is 15.5 Å². The topological polar surface area (TPSA) is 68.5 Å². The van der Waals surface area contributed by atoms with Crippen molar-refractivity contribution in [1.82, 2.24) is 9.88 Å². The van der Waals surface area contributed by atoms with E-state index < -0.39 is 0 Å². The van der Waals surface area contributed by atoms with Gasteiger partial charge in [-0.3, -0.25) is 0 Å². The van der Waals surface area contributed by atoms with Crippen LogP contribution >= 0.6 is 11.3 Å². The van der Waals surface area contributed by atoms with E-state index in [2.05, 4.69) is 31.7 Å².